The summed E-state index contributed by atoms with van der Waals surface area (Å²) < 4.78 is 0. The van der Waals surface area contributed by atoms with Crippen molar-refractivity contribution in [2.24, 2.45) is 5.92 Å². The Morgan fingerprint density at radius 2 is 2.06 bits per heavy atom. The minimum absolute atomic E-state index is 0.0192. The van der Waals surface area contributed by atoms with Gasteiger partial charge in [-0.3, -0.25) is 9.78 Å². The van der Waals surface area contributed by atoms with Gasteiger partial charge in [-0.15, -0.1) is 0 Å². The summed E-state index contributed by atoms with van der Waals surface area (Å²) in [5.74, 6) is 0.245. The van der Waals surface area contributed by atoms with Gasteiger partial charge in [0, 0.05) is 12.1 Å². The van der Waals surface area contributed by atoms with E-state index in [0.29, 0.717) is 0 Å². The average Bonchev–Trinajstić information content (AvgIpc) is 2.31. The minimum atomic E-state index is -0.0192. The second-order valence-electron chi connectivity index (χ2n) is 4.00. The van der Waals surface area contributed by atoms with Crippen LogP contribution in [0.2, 0.25) is 0 Å². The van der Waals surface area contributed by atoms with E-state index in [0.717, 1.165) is 18.5 Å². The van der Waals surface area contributed by atoms with Gasteiger partial charge in [-0.1, -0.05) is 19.9 Å². The summed E-state index contributed by atoms with van der Waals surface area (Å²) >= 11 is 0. The Labute approximate surface area is 97.3 Å². The standard InChI is InChI=1S/C13H20N2O/c1-4-11(5-2)13(16)15-10(3)12-8-6-7-9-14-12/h6-11H,4-5H2,1-3H3,(H,15,16). The highest BCUT2D eigenvalue weighted by molar-refractivity contribution is 5.78. The van der Waals surface area contributed by atoms with E-state index in [9.17, 15) is 4.79 Å². The molecule has 0 aliphatic rings. The lowest BCUT2D eigenvalue weighted by Crippen LogP contribution is -2.32. The molecule has 1 heterocycles. The Kier molecular flexibility index (Phi) is 4.96. The molecule has 1 amide bonds. The molecule has 0 aromatic carbocycles. The molecule has 0 radical (unpaired) electrons. The number of hydrogen-bond acceptors (Lipinski definition) is 2. The predicted octanol–water partition coefficient (Wildman–Crippen LogP) is 2.70. The molecular formula is C13H20N2O. The molecule has 0 saturated heterocycles. The third-order valence-electron chi connectivity index (χ3n) is 2.85. The van der Waals surface area contributed by atoms with E-state index in [1.165, 1.54) is 0 Å². The van der Waals surface area contributed by atoms with Crippen LogP contribution < -0.4 is 5.32 Å². The fourth-order valence-corrected chi connectivity index (χ4v) is 1.70. The van der Waals surface area contributed by atoms with Gasteiger partial charge in [-0.2, -0.15) is 0 Å². The van der Waals surface area contributed by atoms with E-state index in [4.69, 9.17) is 0 Å². The van der Waals surface area contributed by atoms with Crippen molar-refractivity contribution in [2.75, 3.05) is 0 Å². The lowest BCUT2D eigenvalue weighted by molar-refractivity contribution is -0.125. The lowest BCUT2D eigenvalue weighted by atomic mass is 10.0. The predicted molar refractivity (Wildman–Crippen MR) is 64.9 cm³/mol. The molecule has 1 rings (SSSR count). The first-order valence-corrected chi connectivity index (χ1v) is 5.90. The van der Waals surface area contributed by atoms with E-state index < -0.39 is 0 Å². The van der Waals surface area contributed by atoms with Crippen LogP contribution in [-0.4, -0.2) is 10.9 Å². The third-order valence-corrected chi connectivity index (χ3v) is 2.85. The summed E-state index contributed by atoms with van der Waals surface area (Å²) in [7, 11) is 0. The van der Waals surface area contributed by atoms with Crippen molar-refractivity contribution in [1.29, 1.82) is 0 Å². The van der Waals surface area contributed by atoms with Crippen molar-refractivity contribution < 1.29 is 4.79 Å². The second-order valence-corrected chi connectivity index (χ2v) is 4.00. The Morgan fingerprint density at radius 1 is 1.38 bits per heavy atom. The first-order chi connectivity index (χ1) is 7.69. The van der Waals surface area contributed by atoms with Crippen LogP contribution in [0.25, 0.3) is 0 Å². The summed E-state index contributed by atoms with van der Waals surface area (Å²) in [6.45, 7) is 6.04. The molecule has 0 aliphatic carbocycles. The molecule has 16 heavy (non-hydrogen) atoms. The Morgan fingerprint density at radius 3 is 2.56 bits per heavy atom. The van der Waals surface area contributed by atoms with Crippen LogP contribution in [0, 0.1) is 5.92 Å². The molecular weight excluding hydrogens is 200 g/mol. The maximum atomic E-state index is 11.9. The van der Waals surface area contributed by atoms with Crippen molar-refractivity contribution in [2.45, 2.75) is 39.7 Å². The zero-order valence-corrected chi connectivity index (χ0v) is 10.2. The van der Waals surface area contributed by atoms with E-state index in [1.54, 1.807) is 6.20 Å². The molecule has 0 bridgehead atoms. The number of amides is 1. The van der Waals surface area contributed by atoms with Gasteiger partial charge >= 0.3 is 0 Å². The van der Waals surface area contributed by atoms with E-state index in [2.05, 4.69) is 10.3 Å². The van der Waals surface area contributed by atoms with Crippen molar-refractivity contribution in [3.05, 3.63) is 30.1 Å². The van der Waals surface area contributed by atoms with Gasteiger partial charge < -0.3 is 5.32 Å². The van der Waals surface area contributed by atoms with Crippen molar-refractivity contribution in [1.82, 2.24) is 10.3 Å². The van der Waals surface area contributed by atoms with Crippen molar-refractivity contribution >= 4 is 5.91 Å². The highest BCUT2D eigenvalue weighted by Crippen LogP contribution is 2.12. The molecule has 0 fully saturated rings. The van der Waals surface area contributed by atoms with Gasteiger partial charge in [0.2, 0.25) is 5.91 Å². The highest BCUT2D eigenvalue weighted by Gasteiger charge is 2.17. The molecule has 1 aromatic heterocycles. The summed E-state index contributed by atoms with van der Waals surface area (Å²) in [4.78, 5) is 16.1. The van der Waals surface area contributed by atoms with Crippen LogP contribution in [0.3, 0.4) is 0 Å². The molecule has 3 heteroatoms. The number of aromatic nitrogens is 1. The summed E-state index contributed by atoms with van der Waals surface area (Å²) in [5.41, 5.74) is 0.904. The lowest BCUT2D eigenvalue weighted by Gasteiger charge is -2.17. The van der Waals surface area contributed by atoms with Gasteiger partial charge in [0.05, 0.1) is 11.7 Å². The first kappa shape index (κ1) is 12.7. The Bertz CT molecular complexity index is 320. The first-order valence-electron chi connectivity index (χ1n) is 5.90. The number of nitrogens with zero attached hydrogens (tertiary/aromatic N) is 1. The van der Waals surface area contributed by atoms with Gasteiger partial charge in [0.1, 0.15) is 0 Å². The Balaban J connectivity index is 2.58. The molecule has 3 nitrogen and oxygen atoms in total. The van der Waals surface area contributed by atoms with Crippen molar-refractivity contribution in [3.63, 3.8) is 0 Å². The Hall–Kier alpha value is -1.38. The average molecular weight is 220 g/mol. The van der Waals surface area contributed by atoms with Crippen LogP contribution >= 0.6 is 0 Å². The van der Waals surface area contributed by atoms with Gasteiger partial charge in [-0.25, -0.2) is 0 Å². The maximum Gasteiger partial charge on any atom is 0.223 e. The molecule has 0 aliphatic heterocycles. The summed E-state index contributed by atoms with van der Waals surface area (Å²) in [6.07, 6.45) is 3.52. The fraction of sp³-hybridized carbons (Fsp3) is 0.538. The highest BCUT2D eigenvalue weighted by atomic mass is 16.1. The zero-order valence-electron chi connectivity index (χ0n) is 10.2. The number of hydrogen-bond donors (Lipinski definition) is 1. The normalized spacial score (nSPS) is 12.5. The molecule has 1 atom stereocenters. The van der Waals surface area contributed by atoms with Gasteiger partial charge in [-0.05, 0) is 31.9 Å². The molecule has 88 valence electrons. The van der Waals surface area contributed by atoms with Crippen molar-refractivity contribution in [3.8, 4) is 0 Å². The number of carbonyl (C=O) groups is 1. The van der Waals surface area contributed by atoms with Crippen LogP contribution in [0.4, 0.5) is 0 Å². The minimum Gasteiger partial charge on any atom is -0.348 e. The molecule has 1 N–H and O–H groups in total. The van der Waals surface area contributed by atoms with Gasteiger partial charge in [0.15, 0.2) is 0 Å². The monoisotopic (exact) mass is 220 g/mol. The number of nitrogens with one attached hydrogen (secondary N) is 1. The largest absolute Gasteiger partial charge is 0.348 e. The van der Waals surface area contributed by atoms with Crippen LogP contribution in [0.5, 0.6) is 0 Å². The summed E-state index contributed by atoms with van der Waals surface area (Å²) in [6, 6.07) is 5.72. The SMILES string of the molecule is CCC(CC)C(=O)NC(C)c1ccccn1. The molecule has 0 saturated carbocycles. The number of pyridine rings is 1. The topological polar surface area (TPSA) is 42.0 Å². The van der Waals surface area contributed by atoms with Crippen LogP contribution in [0.1, 0.15) is 45.3 Å². The van der Waals surface area contributed by atoms with E-state index in [1.807, 2.05) is 39.0 Å². The second kappa shape index (κ2) is 6.26. The maximum absolute atomic E-state index is 11.9. The third kappa shape index (κ3) is 3.33. The molecule has 1 aromatic rings. The molecule has 1 unspecified atom stereocenters. The number of rotatable bonds is 5. The van der Waals surface area contributed by atoms with Gasteiger partial charge in [0.25, 0.3) is 0 Å². The number of carbonyl (C=O) groups excluding carboxylic acids is 1. The fourth-order valence-electron chi connectivity index (χ4n) is 1.70. The van der Waals surface area contributed by atoms with E-state index >= 15 is 0 Å². The smallest absolute Gasteiger partial charge is 0.223 e. The van der Waals surface area contributed by atoms with Crippen LogP contribution in [0.15, 0.2) is 24.4 Å². The van der Waals surface area contributed by atoms with E-state index in [-0.39, 0.29) is 17.9 Å². The zero-order chi connectivity index (χ0) is 12.0. The quantitative estimate of drug-likeness (QED) is 0.829. The summed E-state index contributed by atoms with van der Waals surface area (Å²) in [5, 5.41) is 3.00. The molecule has 0 spiro atoms. The van der Waals surface area contributed by atoms with Crippen LogP contribution in [-0.2, 0) is 4.79 Å².